The third-order valence-corrected chi connectivity index (χ3v) is 6.18. The highest BCUT2D eigenvalue weighted by molar-refractivity contribution is 7.40. The van der Waals surface area contributed by atoms with Gasteiger partial charge in [-0.15, -0.1) is 0 Å². The first kappa shape index (κ1) is 48.2. The summed E-state index contributed by atoms with van der Waals surface area (Å²) in [5.74, 6) is 1.63. The van der Waals surface area contributed by atoms with Gasteiger partial charge in [0, 0.05) is 18.2 Å². The molecule has 3 aromatic rings. The molecule has 3 aromatic carbocycles. The minimum Gasteiger partial charge on any atom is -0.822 e. The van der Waals surface area contributed by atoms with Crippen molar-refractivity contribution in [1.82, 2.24) is 0 Å². The van der Waals surface area contributed by atoms with Gasteiger partial charge in [0.1, 0.15) is 56.7 Å². The molecule has 0 saturated carbocycles. The normalized spacial score (nSPS) is 11.2. The monoisotopic (exact) mass is 770 g/mol. The fourth-order valence-electron chi connectivity index (χ4n) is 3.37. The highest BCUT2D eigenvalue weighted by Gasteiger charge is 2.12. The highest BCUT2D eigenvalue weighted by atomic mass is 31.2. The number of phosphoric acid groups is 1. The van der Waals surface area contributed by atoms with Crippen molar-refractivity contribution in [3.63, 3.8) is 0 Å². The number of quaternary nitrogens is 3. The molecule has 53 heavy (non-hydrogen) atoms. The number of rotatable bonds is 15. The summed E-state index contributed by atoms with van der Waals surface area (Å²) in [7, 11) is 13.2. The Morgan fingerprint density at radius 2 is 0.698 bits per heavy atom. The smallest absolute Gasteiger partial charge is 0.273 e. The molecule has 0 heterocycles. The van der Waals surface area contributed by atoms with Crippen LogP contribution in [0, 0.1) is 30.3 Å². The minimum absolute atomic E-state index is 0.0581. The fraction of sp³-hybridized carbons (Fsp3) is 0.455. The summed E-state index contributed by atoms with van der Waals surface area (Å²) in [6, 6.07) is 18.7. The second kappa shape index (κ2) is 22.3. The number of ether oxygens (including phenoxy) is 3. The Labute approximate surface area is 309 Å². The number of likely N-dealkylation sites (N-methyl/N-ethyl adjacent to an activating group) is 3. The standard InChI is InChI=1S/3C11H17N2O3.H3O4P/c3*1-13(2,3)7-8-16-11-6-4-5-10(9-11)12(14)15;1-5(2,3)4/h3*4-6,9H,7-8H2,1-3H3;(H3,1,2,3,4)/q3*+1;/p-3. The van der Waals surface area contributed by atoms with E-state index in [9.17, 15) is 30.3 Å². The lowest BCUT2D eigenvalue weighted by Crippen LogP contribution is -2.38. The van der Waals surface area contributed by atoms with E-state index in [-0.39, 0.29) is 17.1 Å². The van der Waals surface area contributed by atoms with E-state index < -0.39 is 22.6 Å². The Balaban J connectivity index is 0.000000718. The zero-order chi connectivity index (χ0) is 41.0. The van der Waals surface area contributed by atoms with Crippen LogP contribution in [0.2, 0.25) is 0 Å². The van der Waals surface area contributed by atoms with Crippen molar-refractivity contribution < 1.29 is 61.7 Å². The predicted octanol–water partition coefficient (Wildman–Crippen LogP) is 2.21. The molecule has 0 atom stereocenters. The van der Waals surface area contributed by atoms with Crippen LogP contribution in [-0.4, -0.2) is 131 Å². The molecule has 0 aliphatic rings. The third-order valence-electron chi connectivity index (χ3n) is 6.18. The van der Waals surface area contributed by atoms with Crippen LogP contribution in [0.1, 0.15) is 0 Å². The van der Waals surface area contributed by atoms with Gasteiger partial charge in [-0.3, -0.25) is 30.3 Å². The number of nitro groups is 3. The molecule has 0 amide bonds. The molecule has 0 N–H and O–H groups in total. The lowest BCUT2D eigenvalue weighted by Gasteiger charge is -2.36. The number of nitro benzene ring substituents is 3. The van der Waals surface area contributed by atoms with E-state index in [4.69, 9.17) is 33.5 Å². The van der Waals surface area contributed by atoms with E-state index in [0.29, 0.717) is 37.1 Å². The first-order chi connectivity index (χ1) is 24.1. The van der Waals surface area contributed by atoms with E-state index in [0.717, 1.165) is 33.1 Å². The fourth-order valence-corrected chi connectivity index (χ4v) is 3.37. The van der Waals surface area contributed by atoms with Crippen LogP contribution < -0.4 is 28.9 Å². The zero-order valence-corrected chi connectivity index (χ0v) is 32.5. The van der Waals surface area contributed by atoms with E-state index in [1.165, 1.54) is 36.4 Å². The van der Waals surface area contributed by atoms with Crippen molar-refractivity contribution in [2.24, 2.45) is 0 Å². The van der Waals surface area contributed by atoms with Crippen molar-refractivity contribution in [3.05, 3.63) is 103 Å². The molecule has 19 nitrogen and oxygen atoms in total. The zero-order valence-electron chi connectivity index (χ0n) is 31.6. The van der Waals surface area contributed by atoms with Crippen LogP contribution in [0.4, 0.5) is 17.1 Å². The van der Waals surface area contributed by atoms with Crippen LogP contribution >= 0.6 is 7.82 Å². The molecule has 296 valence electrons. The molecular formula is C33H51N6O13P. The molecule has 0 radical (unpaired) electrons. The van der Waals surface area contributed by atoms with Crippen LogP contribution in [-0.2, 0) is 4.57 Å². The number of benzene rings is 3. The summed E-state index contributed by atoms with van der Waals surface area (Å²) in [5.41, 5.74) is 0.174. The highest BCUT2D eigenvalue weighted by Crippen LogP contribution is 2.21. The summed E-state index contributed by atoms with van der Waals surface area (Å²) in [4.78, 5) is 56.0. The van der Waals surface area contributed by atoms with E-state index >= 15 is 0 Å². The number of non-ortho nitro benzene ring substituents is 3. The Bertz CT molecular complexity index is 1450. The maximum absolute atomic E-state index is 10.5. The van der Waals surface area contributed by atoms with Crippen molar-refractivity contribution >= 4 is 24.9 Å². The summed E-state index contributed by atoms with van der Waals surface area (Å²) < 4.78 is 27.3. The first-order valence-electron chi connectivity index (χ1n) is 15.9. The molecule has 0 aliphatic carbocycles. The minimum atomic E-state index is -5.39. The van der Waals surface area contributed by atoms with Gasteiger partial charge in [0.05, 0.1) is 96.4 Å². The first-order valence-corrected chi connectivity index (χ1v) is 17.4. The Kier molecular flexibility index (Phi) is 20.3. The summed E-state index contributed by atoms with van der Waals surface area (Å²) in [6.45, 7) is 4.19. The molecule has 0 unspecified atom stereocenters. The number of hydrogen-bond donors (Lipinski definition) is 0. The van der Waals surface area contributed by atoms with Gasteiger partial charge in [0.2, 0.25) is 0 Å². The average Bonchev–Trinajstić information content (AvgIpc) is 2.99. The van der Waals surface area contributed by atoms with Crippen molar-refractivity contribution in [3.8, 4) is 17.2 Å². The molecule has 0 bridgehead atoms. The summed E-state index contributed by atoms with van der Waals surface area (Å²) >= 11 is 0. The quantitative estimate of drug-likeness (QED) is 0.0933. The topological polar surface area (TPSA) is 243 Å². The van der Waals surface area contributed by atoms with Gasteiger partial charge in [-0.05, 0) is 18.2 Å². The van der Waals surface area contributed by atoms with Gasteiger partial charge >= 0.3 is 0 Å². The Morgan fingerprint density at radius 3 is 0.868 bits per heavy atom. The van der Waals surface area contributed by atoms with Gasteiger partial charge in [0.25, 0.3) is 17.1 Å². The number of hydrogen-bond acceptors (Lipinski definition) is 13. The van der Waals surface area contributed by atoms with Gasteiger partial charge in [0.15, 0.2) is 0 Å². The second-order valence-corrected chi connectivity index (χ2v) is 15.2. The molecule has 0 saturated heterocycles. The van der Waals surface area contributed by atoms with Gasteiger partial charge in [-0.25, -0.2) is 0 Å². The Hall–Kier alpha value is -4.75. The SMILES string of the molecule is C[N+](C)(C)CCOc1cccc([N+](=O)[O-])c1.C[N+](C)(C)CCOc1cccc([N+](=O)[O-])c1.C[N+](C)(C)CCOc1cccc([N+](=O)[O-])c1.O=P([O-])([O-])[O-]. The third kappa shape index (κ3) is 28.5. The van der Waals surface area contributed by atoms with Crippen LogP contribution in [0.5, 0.6) is 17.2 Å². The molecule has 0 spiro atoms. The largest absolute Gasteiger partial charge is 0.822 e. The summed E-state index contributed by atoms with van der Waals surface area (Å²) in [6.07, 6.45) is 0. The van der Waals surface area contributed by atoms with Crippen molar-refractivity contribution in [2.75, 3.05) is 103 Å². The van der Waals surface area contributed by atoms with Gasteiger partial charge in [-0.2, -0.15) is 7.82 Å². The van der Waals surface area contributed by atoms with E-state index in [1.807, 2.05) is 0 Å². The molecular weight excluding hydrogens is 719 g/mol. The maximum Gasteiger partial charge on any atom is 0.273 e. The van der Waals surface area contributed by atoms with E-state index in [1.54, 1.807) is 36.4 Å². The average molecular weight is 771 g/mol. The lowest BCUT2D eigenvalue weighted by atomic mass is 10.3. The molecule has 0 aliphatic heterocycles. The second-order valence-electron chi connectivity index (χ2n) is 14.3. The van der Waals surface area contributed by atoms with Crippen molar-refractivity contribution in [1.29, 1.82) is 0 Å². The van der Waals surface area contributed by atoms with Gasteiger partial charge < -0.3 is 46.9 Å². The van der Waals surface area contributed by atoms with Crippen molar-refractivity contribution in [2.45, 2.75) is 0 Å². The van der Waals surface area contributed by atoms with Crippen LogP contribution in [0.3, 0.4) is 0 Å². The number of nitrogens with zero attached hydrogens (tertiary/aromatic N) is 6. The predicted molar refractivity (Wildman–Crippen MR) is 192 cm³/mol. The molecule has 20 heteroatoms. The van der Waals surface area contributed by atoms with Crippen LogP contribution in [0.15, 0.2) is 72.8 Å². The molecule has 3 rings (SSSR count). The molecule has 0 fully saturated rings. The van der Waals surface area contributed by atoms with E-state index in [2.05, 4.69) is 63.4 Å². The summed E-state index contributed by atoms with van der Waals surface area (Å²) in [5, 5.41) is 31.6. The van der Waals surface area contributed by atoms with Crippen LogP contribution in [0.25, 0.3) is 0 Å². The molecule has 0 aromatic heterocycles. The maximum atomic E-state index is 10.5. The Morgan fingerprint density at radius 1 is 0.491 bits per heavy atom. The van der Waals surface area contributed by atoms with Gasteiger partial charge in [-0.1, -0.05) is 18.2 Å². The lowest BCUT2D eigenvalue weighted by molar-refractivity contribution is -0.870.